The monoisotopic (exact) mass is 1180 g/mol. The number of fused-ring (bicyclic) bond motifs is 31. The van der Waals surface area contributed by atoms with E-state index in [9.17, 15) is 0 Å². The molecule has 430 valence electrons. The Hall–Kier alpha value is -12.1. The maximum absolute atomic E-state index is 7.22. The van der Waals surface area contributed by atoms with Gasteiger partial charge in [0.05, 0.1) is 33.1 Å². The molecule has 8 aromatic heterocycles. The van der Waals surface area contributed by atoms with Crippen molar-refractivity contribution in [2.24, 2.45) is 0 Å². The average Bonchev–Trinajstić information content (AvgIpc) is 1.52. The molecule has 6 heteroatoms. The summed E-state index contributed by atoms with van der Waals surface area (Å²) in [6.07, 6.45) is 0. The van der Waals surface area contributed by atoms with Crippen molar-refractivity contribution >= 4 is 164 Å². The molecule has 0 unspecified atom stereocenters. The van der Waals surface area contributed by atoms with Gasteiger partial charge in [0.15, 0.2) is 22.3 Å². The molecule has 0 N–H and O–H groups in total. The van der Waals surface area contributed by atoms with Crippen LogP contribution >= 0.6 is 0 Å². The third kappa shape index (κ3) is 6.05. The second-order valence-electron chi connectivity index (χ2n) is 26.5. The van der Waals surface area contributed by atoms with Crippen LogP contribution in [0.4, 0.5) is 0 Å². The van der Waals surface area contributed by atoms with Crippen LogP contribution in [0.1, 0.15) is 25.0 Å². The lowest BCUT2D eigenvalue weighted by Gasteiger charge is -2.22. The zero-order valence-electron chi connectivity index (χ0n) is 50.3. The fourth-order valence-electron chi connectivity index (χ4n) is 17.4. The van der Waals surface area contributed by atoms with Gasteiger partial charge in [0.2, 0.25) is 0 Å². The maximum Gasteiger partial charge on any atom is 0.160 e. The van der Waals surface area contributed by atoms with Crippen LogP contribution < -0.4 is 0 Å². The Balaban J connectivity index is 0.725. The van der Waals surface area contributed by atoms with Gasteiger partial charge in [-0.05, 0) is 158 Å². The van der Waals surface area contributed by atoms with Crippen LogP contribution in [0, 0.1) is 0 Å². The highest BCUT2D eigenvalue weighted by molar-refractivity contribution is 6.34. The Morgan fingerprint density at radius 3 is 1.08 bits per heavy atom. The molecule has 0 saturated heterocycles. The summed E-state index contributed by atoms with van der Waals surface area (Å²) in [7, 11) is 0. The van der Waals surface area contributed by atoms with Crippen LogP contribution in [-0.4, -0.2) is 8.80 Å². The first-order valence-electron chi connectivity index (χ1n) is 32.1. The highest BCUT2D eigenvalue weighted by atomic mass is 16.3. The van der Waals surface area contributed by atoms with Gasteiger partial charge in [-0.2, -0.15) is 0 Å². The summed E-state index contributed by atoms with van der Waals surface area (Å²) in [5, 5.41) is 17.9. The van der Waals surface area contributed by atoms with E-state index in [0.717, 1.165) is 154 Å². The Bertz CT molecular complexity index is 7140. The Morgan fingerprint density at radius 2 is 0.570 bits per heavy atom. The molecule has 0 aliphatic heterocycles. The van der Waals surface area contributed by atoms with E-state index in [-0.39, 0.29) is 5.41 Å². The van der Waals surface area contributed by atoms with Crippen molar-refractivity contribution in [1.82, 2.24) is 8.80 Å². The summed E-state index contributed by atoms with van der Waals surface area (Å²) in [5.74, 6) is 0. The molecule has 1 aliphatic carbocycles. The molecule has 0 bridgehead atoms. The molecule has 6 nitrogen and oxygen atoms in total. The van der Waals surface area contributed by atoms with Crippen molar-refractivity contribution in [3.63, 3.8) is 0 Å². The van der Waals surface area contributed by atoms with Crippen LogP contribution in [0.25, 0.3) is 220 Å². The standard InChI is InChI=1S/C87H48N2O4/c1-87(2)71-21-11-8-18-53(71)54-27-24-48(44-72(54)87)49-40-67-57-28-32-61-55-19-9-12-22-73(55)90-83(61)79(57)88-77(67)68(41-49)58-30-34-63-65-38-46(25-36-75(65)92-85(63)81(58)88)47-26-37-76-66(39-47)64-35-31-60-70-43-50(52-17-7-6-16-51(52)45-14-4-3-5-15-45)42-69-59-29-33-62-56-20-10-13-23-74(56)91-84(62)80(59)89(78(69)70)82(60)86(64)93-76/h3-44H,1-2H3. The van der Waals surface area contributed by atoms with Gasteiger partial charge in [0.1, 0.15) is 22.3 Å². The minimum absolute atomic E-state index is 0.124. The van der Waals surface area contributed by atoms with E-state index in [1.165, 1.54) is 77.1 Å². The molecule has 0 atom stereocenters. The van der Waals surface area contributed by atoms with Crippen molar-refractivity contribution < 1.29 is 17.7 Å². The summed E-state index contributed by atoms with van der Waals surface area (Å²) >= 11 is 0. The minimum Gasteiger partial charge on any atom is -0.454 e. The summed E-state index contributed by atoms with van der Waals surface area (Å²) in [5.41, 5.74) is 27.9. The first-order chi connectivity index (χ1) is 45.9. The zero-order valence-corrected chi connectivity index (χ0v) is 50.3. The van der Waals surface area contributed by atoms with Gasteiger partial charge in [0, 0.05) is 91.6 Å². The largest absolute Gasteiger partial charge is 0.454 e. The fourth-order valence-corrected chi connectivity index (χ4v) is 17.4. The second-order valence-corrected chi connectivity index (χ2v) is 26.5. The highest BCUT2D eigenvalue weighted by Crippen LogP contribution is 2.54. The molecule has 8 heterocycles. The number of para-hydroxylation sites is 2. The lowest BCUT2D eigenvalue weighted by molar-refractivity contribution is 0.660. The van der Waals surface area contributed by atoms with E-state index in [4.69, 9.17) is 17.7 Å². The lowest BCUT2D eigenvalue weighted by atomic mass is 9.81. The first-order valence-corrected chi connectivity index (χ1v) is 32.1. The van der Waals surface area contributed by atoms with Gasteiger partial charge in [-0.15, -0.1) is 0 Å². The molecule has 93 heavy (non-hydrogen) atoms. The van der Waals surface area contributed by atoms with Crippen LogP contribution in [0.2, 0.25) is 0 Å². The van der Waals surface area contributed by atoms with Gasteiger partial charge in [-0.25, -0.2) is 0 Å². The fraction of sp³-hybridized carbons (Fsp3) is 0.0345. The number of nitrogens with zero attached hydrogens (tertiary/aromatic N) is 2. The summed E-state index contributed by atoms with van der Waals surface area (Å²) in [4.78, 5) is 0. The van der Waals surface area contributed by atoms with Crippen LogP contribution in [0.3, 0.4) is 0 Å². The third-order valence-electron chi connectivity index (χ3n) is 21.6. The third-order valence-corrected chi connectivity index (χ3v) is 21.6. The van der Waals surface area contributed by atoms with E-state index >= 15 is 0 Å². The molecule has 0 saturated carbocycles. The van der Waals surface area contributed by atoms with Gasteiger partial charge >= 0.3 is 0 Å². The van der Waals surface area contributed by atoms with Crippen molar-refractivity contribution in [3.8, 4) is 55.6 Å². The summed E-state index contributed by atoms with van der Waals surface area (Å²) in [6, 6.07) is 93.5. The molecule has 0 spiro atoms. The van der Waals surface area contributed by atoms with Gasteiger partial charge in [0.25, 0.3) is 0 Å². The number of hydrogen-bond donors (Lipinski definition) is 0. The summed E-state index contributed by atoms with van der Waals surface area (Å²) in [6.45, 7) is 4.72. The van der Waals surface area contributed by atoms with E-state index < -0.39 is 0 Å². The van der Waals surface area contributed by atoms with Crippen molar-refractivity contribution in [2.75, 3.05) is 0 Å². The molecule has 22 aromatic rings. The molecular formula is C87H48N2O4. The van der Waals surface area contributed by atoms with Crippen molar-refractivity contribution in [3.05, 3.63) is 266 Å². The minimum atomic E-state index is -0.124. The van der Waals surface area contributed by atoms with Crippen LogP contribution in [0.15, 0.2) is 272 Å². The van der Waals surface area contributed by atoms with E-state index in [1.54, 1.807) is 0 Å². The lowest BCUT2D eigenvalue weighted by Crippen LogP contribution is -2.14. The molecule has 0 fully saturated rings. The topological polar surface area (TPSA) is 61.4 Å². The normalized spacial score (nSPS) is 13.6. The number of rotatable bonds is 4. The van der Waals surface area contributed by atoms with Crippen LogP contribution in [-0.2, 0) is 5.41 Å². The quantitative estimate of drug-likeness (QED) is 0.176. The van der Waals surface area contributed by atoms with Crippen molar-refractivity contribution in [1.29, 1.82) is 0 Å². The van der Waals surface area contributed by atoms with Gasteiger partial charge in [-0.1, -0.05) is 178 Å². The van der Waals surface area contributed by atoms with E-state index in [0.29, 0.717) is 0 Å². The number of aromatic nitrogens is 2. The molecule has 23 rings (SSSR count). The smallest absolute Gasteiger partial charge is 0.160 e. The zero-order chi connectivity index (χ0) is 60.4. The van der Waals surface area contributed by atoms with Gasteiger partial charge < -0.3 is 26.5 Å². The SMILES string of the molecule is CC1(C)c2ccccc2-c2ccc(-c3cc4c5ccc6c7ccccc7oc6c5n5c4c(c3)c3ccc4c6cc(-c7ccc8oc9c(ccc%10c%11cc(-c%12ccccc%12-c%12ccccc%12)cc%12c%13ccc%14c%15ccccc%15oc%14c%13n(c%12%11)c%109)c8c7)ccc6oc4c35)cc21. The second kappa shape index (κ2) is 16.8. The number of benzene rings is 14. The van der Waals surface area contributed by atoms with E-state index in [2.05, 4.69) is 277 Å². The Kier molecular flexibility index (Phi) is 8.82. The average molecular weight is 1190 g/mol. The molecule has 14 aromatic carbocycles. The Labute approximate surface area is 528 Å². The predicted molar refractivity (Wildman–Crippen MR) is 384 cm³/mol. The molecule has 1 aliphatic rings. The molecule has 0 radical (unpaired) electrons. The number of furan rings is 4. The van der Waals surface area contributed by atoms with Gasteiger partial charge in [-0.3, -0.25) is 0 Å². The molecule has 0 amide bonds. The Morgan fingerprint density at radius 1 is 0.215 bits per heavy atom. The maximum atomic E-state index is 7.22. The van der Waals surface area contributed by atoms with E-state index in [1.807, 2.05) is 0 Å². The van der Waals surface area contributed by atoms with Crippen molar-refractivity contribution in [2.45, 2.75) is 19.3 Å². The summed E-state index contributed by atoms with van der Waals surface area (Å²) < 4.78 is 33.2. The molecular weight excluding hydrogens is 1140 g/mol. The predicted octanol–water partition coefficient (Wildman–Crippen LogP) is 24.6. The van der Waals surface area contributed by atoms with Crippen LogP contribution in [0.5, 0.6) is 0 Å². The highest BCUT2D eigenvalue weighted by Gasteiger charge is 2.36. The first kappa shape index (κ1) is 48.8. The number of hydrogen-bond acceptors (Lipinski definition) is 4.